The van der Waals surface area contributed by atoms with Gasteiger partial charge in [-0.3, -0.25) is 0 Å². The van der Waals surface area contributed by atoms with Crippen LogP contribution in [0, 0.1) is 0 Å². The predicted molar refractivity (Wildman–Crippen MR) is 133 cm³/mol. The van der Waals surface area contributed by atoms with E-state index in [1.54, 1.807) is 0 Å². The lowest BCUT2D eigenvalue weighted by Crippen LogP contribution is -2.37. The van der Waals surface area contributed by atoms with Gasteiger partial charge in [0.15, 0.2) is 11.5 Å². The van der Waals surface area contributed by atoms with Crippen LogP contribution in [-0.2, 0) is 11.3 Å². The van der Waals surface area contributed by atoms with Gasteiger partial charge in [0.1, 0.15) is 5.82 Å². The molecule has 2 aromatic heterocycles. The molecule has 5 rings (SSSR count). The van der Waals surface area contributed by atoms with E-state index in [1.807, 2.05) is 6.20 Å². The number of rotatable bonds is 9. The maximum atomic E-state index is 5.60. The third-order valence-electron chi connectivity index (χ3n) is 6.93. The second kappa shape index (κ2) is 9.77. The standard InChI is InChI=1S/C26H36N6O/c1-4-5-13-30(2)18-19-7-6-8-20(16-19)24-28-25(31(3)21-11-14-33-15-12-21)23-17-27-32(22-9-10-22)26(23)29-24/h6-8,16-17,21-22H,4-5,9-15,18H2,1-3H3. The molecule has 176 valence electrons. The molecule has 1 aromatic carbocycles. The normalized spacial score (nSPS) is 17.2. The largest absolute Gasteiger partial charge is 0.381 e. The van der Waals surface area contributed by atoms with Crippen molar-refractivity contribution in [1.82, 2.24) is 24.6 Å². The molecule has 3 heterocycles. The minimum absolute atomic E-state index is 0.424. The molecule has 1 saturated heterocycles. The van der Waals surface area contributed by atoms with Crippen molar-refractivity contribution in [3.05, 3.63) is 36.0 Å². The molecule has 1 aliphatic heterocycles. The van der Waals surface area contributed by atoms with Gasteiger partial charge in [0, 0.05) is 38.4 Å². The van der Waals surface area contributed by atoms with Crippen LogP contribution in [0.15, 0.2) is 30.5 Å². The average Bonchev–Trinajstić information content (AvgIpc) is 3.61. The summed E-state index contributed by atoms with van der Waals surface area (Å²) in [4.78, 5) is 14.9. The maximum absolute atomic E-state index is 5.60. The van der Waals surface area contributed by atoms with Gasteiger partial charge in [0.05, 0.1) is 17.6 Å². The Hall–Kier alpha value is -2.51. The van der Waals surface area contributed by atoms with Gasteiger partial charge in [-0.1, -0.05) is 31.5 Å². The maximum Gasteiger partial charge on any atom is 0.164 e. The first-order valence-corrected chi connectivity index (χ1v) is 12.5. The third-order valence-corrected chi connectivity index (χ3v) is 6.93. The summed E-state index contributed by atoms with van der Waals surface area (Å²) in [5.41, 5.74) is 3.33. The Morgan fingerprint density at radius 2 is 1.91 bits per heavy atom. The molecule has 7 nitrogen and oxygen atoms in total. The van der Waals surface area contributed by atoms with E-state index in [-0.39, 0.29) is 0 Å². The molecule has 1 aliphatic carbocycles. The van der Waals surface area contributed by atoms with Crippen LogP contribution in [0.5, 0.6) is 0 Å². The molecule has 2 fully saturated rings. The molecule has 0 spiro atoms. The Morgan fingerprint density at radius 1 is 1.09 bits per heavy atom. The van der Waals surface area contributed by atoms with Crippen molar-refractivity contribution in [2.75, 3.05) is 38.8 Å². The van der Waals surface area contributed by atoms with E-state index in [9.17, 15) is 0 Å². The van der Waals surface area contributed by atoms with Crippen molar-refractivity contribution >= 4 is 16.9 Å². The van der Waals surface area contributed by atoms with Crippen LogP contribution >= 0.6 is 0 Å². The van der Waals surface area contributed by atoms with E-state index < -0.39 is 0 Å². The van der Waals surface area contributed by atoms with Crippen LogP contribution in [0.3, 0.4) is 0 Å². The monoisotopic (exact) mass is 448 g/mol. The Morgan fingerprint density at radius 3 is 2.67 bits per heavy atom. The highest BCUT2D eigenvalue weighted by molar-refractivity contribution is 5.89. The quantitative estimate of drug-likeness (QED) is 0.474. The van der Waals surface area contributed by atoms with Crippen LogP contribution in [0.4, 0.5) is 5.82 Å². The van der Waals surface area contributed by atoms with E-state index in [2.05, 4.69) is 59.8 Å². The first-order chi connectivity index (χ1) is 16.1. The van der Waals surface area contributed by atoms with Crippen molar-refractivity contribution in [1.29, 1.82) is 0 Å². The zero-order valence-electron chi connectivity index (χ0n) is 20.2. The van der Waals surface area contributed by atoms with Crippen molar-refractivity contribution in [2.24, 2.45) is 0 Å². The summed E-state index contributed by atoms with van der Waals surface area (Å²) in [5, 5.41) is 5.77. The fourth-order valence-electron chi connectivity index (χ4n) is 4.77. The Bertz CT molecular complexity index is 1090. The second-order valence-electron chi connectivity index (χ2n) is 9.67. The zero-order valence-corrected chi connectivity index (χ0v) is 20.2. The Labute approximate surface area is 196 Å². The van der Waals surface area contributed by atoms with E-state index in [0.29, 0.717) is 12.1 Å². The molecule has 0 bridgehead atoms. The first-order valence-electron chi connectivity index (χ1n) is 12.5. The molecule has 0 unspecified atom stereocenters. The molecule has 7 heteroatoms. The van der Waals surface area contributed by atoms with E-state index in [1.165, 1.54) is 31.2 Å². The number of benzene rings is 1. The van der Waals surface area contributed by atoms with Gasteiger partial charge in [-0.05, 0) is 57.3 Å². The number of nitrogens with zero attached hydrogens (tertiary/aromatic N) is 6. The van der Waals surface area contributed by atoms with Crippen LogP contribution in [0.2, 0.25) is 0 Å². The zero-order chi connectivity index (χ0) is 22.8. The van der Waals surface area contributed by atoms with Crippen molar-refractivity contribution < 1.29 is 4.74 Å². The summed E-state index contributed by atoms with van der Waals surface area (Å²) >= 11 is 0. The van der Waals surface area contributed by atoms with Gasteiger partial charge < -0.3 is 14.5 Å². The summed E-state index contributed by atoms with van der Waals surface area (Å²) in [6.07, 6.45) is 8.81. The van der Waals surface area contributed by atoms with Crippen LogP contribution in [0.25, 0.3) is 22.4 Å². The first kappa shape index (κ1) is 22.3. The second-order valence-corrected chi connectivity index (χ2v) is 9.67. The fraction of sp³-hybridized carbons (Fsp3) is 0.577. The van der Waals surface area contributed by atoms with Crippen molar-refractivity contribution in [3.63, 3.8) is 0 Å². The van der Waals surface area contributed by atoms with Crippen LogP contribution in [0.1, 0.15) is 57.1 Å². The number of ether oxygens (including phenoxy) is 1. The van der Waals surface area contributed by atoms with Crippen molar-refractivity contribution in [3.8, 4) is 11.4 Å². The van der Waals surface area contributed by atoms with Gasteiger partial charge in [0.25, 0.3) is 0 Å². The number of hydrogen-bond donors (Lipinski definition) is 0. The number of fused-ring (bicyclic) bond motifs is 1. The average molecular weight is 449 g/mol. The van der Waals surface area contributed by atoms with Crippen LogP contribution in [-0.4, -0.2) is 64.5 Å². The molecular formula is C26H36N6O. The van der Waals surface area contributed by atoms with Crippen molar-refractivity contribution in [2.45, 2.75) is 64.1 Å². The Kier molecular flexibility index (Phi) is 6.60. The summed E-state index contributed by atoms with van der Waals surface area (Å²) in [6, 6.07) is 9.62. The van der Waals surface area contributed by atoms with Gasteiger partial charge in [-0.2, -0.15) is 5.10 Å². The molecule has 1 saturated carbocycles. The highest BCUT2D eigenvalue weighted by atomic mass is 16.5. The molecule has 0 amide bonds. The third kappa shape index (κ3) is 4.89. The topological polar surface area (TPSA) is 59.3 Å². The number of unbranched alkanes of at least 4 members (excludes halogenated alkanes) is 1. The SMILES string of the molecule is CCCCN(C)Cc1cccc(-c2nc(N(C)C3CCOCC3)c3cnn(C4CC4)c3n2)c1. The molecule has 0 N–H and O–H groups in total. The van der Waals surface area contributed by atoms with E-state index >= 15 is 0 Å². The minimum atomic E-state index is 0.424. The predicted octanol–water partition coefficient (Wildman–Crippen LogP) is 4.68. The molecule has 2 aliphatic rings. The smallest absolute Gasteiger partial charge is 0.164 e. The van der Waals surface area contributed by atoms with E-state index in [0.717, 1.165) is 67.4 Å². The lowest BCUT2D eigenvalue weighted by atomic mass is 10.1. The molecule has 33 heavy (non-hydrogen) atoms. The highest BCUT2D eigenvalue weighted by Gasteiger charge is 2.29. The fourth-order valence-corrected chi connectivity index (χ4v) is 4.77. The Balaban J connectivity index is 1.51. The lowest BCUT2D eigenvalue weighted by molar-refractivity contribution is 0.0854. The van der Waals surface area contributed by atoms with Gasteiger partial charge >= 0.3 is 0 Å². The summed E-state index contributed by atoms with van der Waals surface area (Å²) in [6.45, 7) is 5.91. The summed E-state index contributed by atoms with van der Waals surface area (Å²) < 4.78 is 7.71. The lowest BCUT2D eigenvalue weighted by Gasteiger charge is -2.32. The molecule has 0 radical (unpaired) electrons. The van der Waals surface area contributed by atoms with E-state index in [4.69, 9.17) is 19.8 Å². The van der Waals surface area contributed by atoms with Gasteiger partial charge in [-0.25, -0.2) is 14.6 Å². The van der Waals surface area contributed by atoms with Gasteiger partial charge in [-0.15, -0.1) is 0 Å². The number of anilines is 1. The van der Waals surface area contributed by atoms with Crippen LogP contribution < -0.4 is 4.90 Å². The highest BCUT2D eigenvalue weighted by Crippen LogP contribution is 2.38. The number of hydrogen-bond acceptors (Lipinski definition) is 6. The molecule has 3 aromatic rings. The summed E-state index contributed by atoms with van der Waals surface area (Å²) in [5.74, 6) is 1.77. The summed E-state index contributed by atoms with van der Waals surface area (Å²) in [7, 11) is 4.36. The molecular weight excluding hydrogens is 412 g/mol. The molecule has 0 atom stereocenters. The van der Waals surface area contributed by atoms with Gasteiger partial charge in [0.2, 0.25) is 0 Å². The minimum Gasteiger partial charge on any atom is -0.381 e. The number of aromatic nitrogens is 4.